The van der Waals surface area contributed by atoms with Crippen molar-refractivity contribution >= 4 is 62.9 Å². The van der Waals surface area contributed by atoms with Gasteiger partial charge in [0.05, 0.1) is 10.5 Å². The molecule has 0 unspecified atom stereocenters. The van der Waals surface area contributed by atoms with Gasteiger partial charge < -0.3 is 29.9 Å². The van der Waals surface area contributed by atoms with Gasteiger partial charge >= 0.3 is 11.0 Å². The summed E-state index contributed by atoms with van der Waals surface area (Å²) in [5.41, 5.74) is -0.0846. The molecule has 1 aliphatic rings. The number of anilines is 1. The summed E-state index contributed by atoms with van der Waals surface area (Å²) in [6.07, 6.45) is -8.18. The molecular formula is C16H15N3NaO10S. The van der Waals surface area contributed by atoms with Gasteiger partial charge in [0, 0.05) is 29.6 Å². The zero-order chi connectivity index (χ0) is 22.0. The second-order valence-corrected chi connectivity index (χ2v) is 7.07. The number of ether oxygens (including phenoxy) is 2. The molecule has 5 atom stereocenters. The second kappa shape index (κ2) is 10.4. The molecule has 0 spiro atoms. The number of amides is 1. The van der Waals surface area contributed by atoms with Crippen molar-refractivity contribution in [2.24, 2.45) is 0 Å². The number of aliphatic carboxylic acids is 1. The minimum Gasteiger partial charge on any atom is -0.479 e. The molecule has 1 saturated heterocycles. The Kier molecular flexibility index (Phi) is 8.44. The van der Waals surface area contributed by atoms with Crippen LogP contribution in [0.5, 0.6) is 5.75 Å². The number of hydrogen-bond donors (Lipinski definition) is 5. The molecule has 2 aromatic rings. The molecule has 3 rings (SSSR count). The summed E-state index contributed by atoms with van der Waals surface area (Å²) in [7, 11) is 0. The average Bonchev–Trinajstić information content (AvgIpc) is 3.17. The van der Waals surface area contributed by atoms with Crippen LogP contribution >= 0.6 is 11.3 Å². The third-order valence-electron chi connectivity index (χ3n) is 4.08. The summed E-state index contributed by atoms with van der Waals surface area (Å²) in [6, 6.07) is 5.63. The molecule has 0 saturated carbocycles. The normalized spacial score (nSPS) is 25.2. The standard InChI is InChI=1S/C16H15N3O10S.Na/c20-9-10(21)12(14(24)25)29-15(11(9)22)28-7-4-2-1-3-6(7)13(23)18-16-17-5-8(30-16)19(26)27;/h1-5,9-12,15,20-22H,(H,24,25)(H,17,18,23);/t9-,10-,11+,12-,15+;/m0./s1. The number of nitrogens with zero attached hydrogens (tertiary/aromatic N) is 2. The Morgan fingerprint density at radius 3 is 2.48 bits per heavy atom. The van der Waals surface area contributed by atoms with Crippen molar-refractivity contribution in [2.45, 2.75) is 30.7 Å². The number of thiazole rings is 1. The van der Waals surface area contributed by atoms with Gasteiger partial charge in [-0.25, -0.2) is 9.78 Å². The average molecular weight is 464 g/mol. The van der Waals surface area contributed by atoms with Crippen LogP contribution in [0.4, 0.5) is 10.1 Å². The van der Waals surface area contributed by atoms with Crippen LogP contribution in [0.25, 0.3) is 0 Å². The van der Waals surface area contributed by atoms with E-state index in [2.05, 4.69) is 10.3 Å². The number of carboxylic acids is 1. The molecule has 31 heavy (non-hydrogen) atoms. The number of nitrogens with one attached hydrogen (secondary N) is 1. The number of para-hydroxylation sites is 1. The second-order valence-electron chi connectivity index (χ2n) is 6.06. The zero-order valence-electron chi connectivity index (χ0n) is 15.8. The first kappa shape index (κ1) is 25.1. The molecule has 1 aromatic heterocycles. The Morgan fingerprint density at radius 1 is 1.19 bits per heavy atom. The van der Waals surface area contributed by atoms with Crippen LogP contribution in [0.15, 0.2) is 30.5 Å². The number of aliphatic hydroxyl groups excluding tert-OH is 3. The van der Waals surface area contributed by atoms with Crippen LogP contribution in [-0.4, -0.2) is 102 Å². The van der Waals surface area contributed by atoms with Crippen LogP contribution in [-0.2, 0) is 9.53 Å². The minimum absolute atomic E-state index is 0. The van der Waals surface area contributed by atoms with Crippen LogP contribution in [0.2, 0.25) is 0 Å². The van der Waals surface area contributed by atoms with Gasteiger partial charge in [-0.05, 0) is 23.5 Å². The SMILES string of the molecule is O=C(Nc1ncc([N+](=O)[O-])s1)c1ccccc1O[C@@H]1O[C@H](C(=O)O)[C@@H](O)[C@H](O)[C@H]1O.[Na]. The molecule has 13 nitrogen and oxygen atoms in total. The van der Waals surface area contributed by atoms with Crippen molar-refractivity contribution in [1.29, 1.82) is 0 Å². The third-order valence-corrected chi connectivity index (χ3v) is 4.95. The Balaban J connectivity index is 0.00000341. The van der Waals surface area contributed by atoms with E-state index >= 15 is 0 Å². The fourth-order valence-corrected chi connectivity index (χ4v) is 3.23. The van der Waals surface area contributed by atoms with E-state index in [0.29, 0.717) is 11.3 Å². The number of carbonyl (C=O) groups excluding carboxylic acids is 1. The molecule has 1 fully saturated rings. The van der Waals surface area contributed by atoms with Crippen molar-refractivity contribution in [3.63, 3.8) is 0 Å². The van der Waals surface area contributed by atoms with E-state index in [1.54, 1.807) is 0 Å². The van der Waals surface area contributed by atoms with Crippen LogP contribution in [0, 0.1) is 10.1 Å². The van der Waals surface area contributed by atoms with Crippen molar-refractivity contribution in [3.8, 4) is 5.75 Å². The maximum absolute atomic E-state index is 12.5. The molecule has 2 heterocycles. The maximum atomic E-state index is 12.5. The van der Waals surface area contributed by atoms with Crippen molar-refractivity contribution < 1.29 is 44.4 Å². The van der Waals surface area contributed by atoms with Gasteiger partial charge in [-0.1, -0.05) is 12.1 Å². The molecule has 1 amide bonds. The van der Waals surface area contributed by atoms with Gasteiger partial charge in [-0.15, -0.1) is 0 Å². The summed E-state index contributed by atoms with van der Waals surface area (Å²) in [6.45, 7) is 0. The van der Waals surface area contributed by atoms with E-state index < -0.39 is 47.5 Å². The van der Waals surface area contributed by atoms with Crippen molar-refractivity contribution in [2.75, 3.05) is 5.32 Å². The Morgan fingerprint density at radius 2 is 1.87 bits per heavy atom. The summed E-state index contributed by atoms with van der Waals surface area (Å²) in [5.74, 6) is -2.48. The molecule has 161 valence electrons. The van der Waals surface area contributed by atoms with Gasteiger partial charge in [0.25, 0.3) is 5.91 Å². The molecule has 0 bridgehead atoms. The Hall–Kier alpha value is -2.17. The summed E-state index contributed by atoms with van der Waals surface area (Å²) in [5, 5.41) is 51.5. The van der Waals surface area contributed by atoms with Gasteiger partial charge in [-0.3, -0.25) is 20.2 Å². The predicted molar refractivity (Wildman–Crippen MR) is 104 cm³/mol. The fourth-order valence-electron chi connectivity index (χ4n) is 2.60. The fraction of sp³-hybridized carbons (Fsp3) is 0.312. The monoisotopic (exact) mass is 464 g/mol. The first-order valence-corrected chi connectivity index (χ1v) is 9.10. The summed E-state index contributed by atoms with van der Waals surface area (Å²) in [4.78, 5) is 37.5. The van der Waals surface area contributed by atoms with Crippen molar-refractivity contribution in [1.82, 2.24) is 4.98 Å². The number of aromatic nitrogens is 1. The van der Waals surface area contributed by atoms with E-state index in [4.69, 9.17) is 14.6 Å². The third kappa shape index (κ3) is 5.55. The molecule has 1 aromatic carbocycles. The number of hydrogen-bond acceptors (Lipinski definition) is 11. The van der Waals surface area contributed by atoms with E-state index in [9.17, 15) is 35.0 Å². The molecule has 0 aliphatic carbocycles. The molecule has 1 radical (unpaired) electrons. The number of carboxylic acid groups (broad SMARTS) is 1. The molecular weight excluding hydrogens is 449 g/mol. The Labute approximate surface area is 199 Å². The van der Waals surface area contributed by atoms with E-state index in [-0.39, 0.29) is 51.0 Å². The molecule has 5 N–H and O–H groups in total. The largest absolute Gasteiger partial charge is 0.479 e. The number of carbonyl (C=O) groups is 2. The van der Waals surface area contributed by atoms with E-state index in [1.807, 2.05) is 0 Å². The quantitative estimate of drug-likeness (QED) is 0.203. The summed E-state index contributed by atoms with van der Waals surface area (Å²) >= 11 is 0.636. The summed E-state index contributed by atoms with van der Waals surface area (Å²) < 4.78 is 10.4. The molecule has 15 heteroatoms. The van der Waals surface area contributed by atoms with Crippen LogP contribution in [0.3, 0.4) is 0 Å². The topological polar surface area (TPSA) is 202 Å². The van der Waals surface area contributed by atoms with E-state index in [0.717, 1.165) is 6.20 Å². The maximum Gasteiger partial charge on any atom is 0.345 e. The first-order chi connectivity index (χ1) is 14.2. The smallest absolute Gasteiger partial charge is 0.345 e. The van der Waals surface area contributed by atoms with Crippen LogP contribution < -0.4 is 10.1 Å². The Bertz CT molecular complexity index is 973. The number of aliphatic hydroxyl groups is 3. The van der Waals surface area contributed by atoms with Crippen LogP contribution in [0.1, 0.15) is 10.4 Å². The van der Waals surface area contributed by atoms with Gasteiger partial charge in [-0.2, -0.15) is 0 Å². The first-order valence-electron chi connectivity index (χ1n) is 8.28. The van der Waals surface area contributed by atoms with Gasteiger partial charge in [0.2, 0.25) is 6.29 Å². The van der Waals surface area contributed by atoms with Gasteiger partial charge in [0.15, 0.2) is 11.2 Å². The number of nitro groups is 1. The molecule has 1 aliphatic heterocycles. The minimum atomic E-state index is -1.89. The van der Waals surface area contributed by atoms with Gasteiger partial charge in [0.1, 0.15) is 30.3 Å². The van der Waals surface area contributed by atoms with Crippen molar-refractivity contribution in [3.05, 3.63) is 46.1 Å². The predicted octanol–water partition coefficient (Wildman–Crippen LogP) is -0.806. The number of rotatable bonds is 6. The van der Waals surface area contributed by atoms with E-state index in [1.165, 1.54) is 24.3 Å². The zero-order valence-corrected chi connectivity index (χ0v) is 18.6. The number of benzene rings is 1.